The van der Waals surface area contributed by atoms with E-state index < -0.39 is 27.9 Å². The second-order valence-electron chi connectivity index (χ2n) is 5.54. The highest BCUT2D eigenvalue weighted by Gasteiger charge is 2.37. The number of carboxylic acid groups (broad SMARTS) is 1. The smallest absolute Gasteiger partial charge is 0.326 e. The first kappa shape index (κ1) is 18.4. The Morgan fingerprint density at radius 2 is 1.92 bits per heavy atom. The molecule has 0 saturated heterocycles. The van der Waals surface area contributed by atoms with E-state index in [1.807, 2.05) is 0 Å². The first-order valence-corrected chi connectivity index (χ1v) is 8.96. The van der Waals surface area contributed by atoms with Crippen molar-refractivity contribution < 1.29 is 27.9 Å². The number of methoxy groups -OCH3 is 1. The van der Waals surface area contributed by atoms with Crippen LogP contribution in [0.15, 0.2) is 29.2 Å². The average Bonchev–Trinajstić information content (AvgIpc) is 3.37. The molecule has 1 aromatic rings. The van der Waals surface area contributed by atoms with Crippen LogP contribution in [0.4, 0.5) is 0 Å². The summed E-state index contributed by atoms with van der Waals surface area (Å²) in [7, 11) is -2.20. The lowest BCUT2D eigenvalue weighted by molar-refractivity contribution is -0.139. The molecule has 0 aliphatic heterocycles. The Balaban J connectivity index is 2.03. The molecule has 0 spiro atoms. The zero-order chi connectivity index (χ0) is 17.7. The molecule has 0 heterocycles. The van der Waals surface area contributed by atoms with Crippen LogP contribution in [-0.2, 0) is 19.6 Å². The lowest BCUT2D eigenvalue weighted by Crippen LogP contribution is -2.42. The van der Waals surface area contributed by atoms with Crippen LogP contribution >= 0.6 is 0 Å². The number of nitrogens with one attached hydrogen (secondary N) is 2. The number of rotatable bonds is 9. The summed E-state index contributed by atoms with van der Waals surface area (Å²) in [5.74, 6) is -1.63. The number of sulfonamides is 1. The maximum atomic E-state index is 12.1. The number of aliphatic carboxylic acids is 1. The molecule has 9 heteroatoms. The maximum absolute atomic E-state index is 12.1. The van der Waals surface area contributed by atoms with Crippen LogP contribution in [0.25, 0.3) is 0 Å². The van der Waals surface area contributed by atoms with Crippen LogP contribution in [0.2, 0.25) is 0 Å². The number of hydrogen-bond acceptors (Lipinski definition) is 5. The van der Waals surface area contributed by atoms with Crippen LogP contribution in [0.3, 0.4) is 0 Å². The predicted octanol–water partition coefficient (Wildman–Crippen LogP) is 0.204. The summed E-state index contributed by atoms with van der Waals surface area (Å²) in [5, 5.41) is 11.6. The van der Waals surface area contributed by atoms with Crippen LogP contribution in [0.5, 0.6) is 0 Å². The molecule has 3 N–H and O–H groups in total. The zero-order valence-electron chi connectivity index (χ0n) is 13.2. The van der Waals surface area contributed by atoms with Crippen molar-refractivity contribution in [2.24, 2.45) is 5.92 Å². The number of carboxylic acids is 1. The highest BCUT2D eigenvalue weighted by atomic mass is 32.2. The Morgan fingerprint density at radius 1 is 1.29 bits per heavy atom. The fourth-order valence-corrected chi connectivity index (χ4v) is 3.20. The van der Waals surface area contributed by atoms with Gasteiger partial charge in [-0.1, -0.05) is 0 Å². The van der Waals surface area contributed by atoms with E-state index in [0.29, 0.717) is 0 Å². The molecule has 1 atom stereocenters. The molecule has 0 radical (unpaired) electrons. The minimum atomic E-state index is -3.67. The molecule has 1 amide bonds. The molecule has 0 bridgehead atoms. The van der Waals surface area contributed by atoms with E-state index in [0.717, 1.165) is 12.8 Å². The van der Waals surface area contributed by atoms with E-state index in [9.17, 15) is 18.0 Å². The fraction of sp³-hybridized carbons (Fsp3) is 0.467. The number of carbonyl (C=O) groups excluding carboxylic acids is 1. The summed E-state index contributed by atoms with van der Waals surface area (Å²) in [6.45, 7) is 0.389. The molecule has 0 aromatic heterocycles. The summed E-state index contributed by atoms with van der Waals surface area (Å²) >= 11 is 0. The van der Waals surface area contributed by atoms with Gasteiger partial charge >= 0.3 is 5.97 Å². The number of carbonyl (C=O) groups is 2. The lowest BCUT2D eigenvalue weighted by atomic mass is 10.1. The van der Waals surface area contributed by atoms with E-state index in [1.54, 1.807) is 0 Å². The fourth-order valence-electron chi connectivity index (χ4n) is 2.18. The van der Waals surface area contributed by atoms with Gasteiger partial charge in [0, 0.05) is 19.2 Å². The van der Waals surface area contributed by atoms with Gasteiger partial charge in [-0.3, -0.25) is 4.79 Å². The summed E-state index contributed by atoms with van der Waals surface area (Å²) in [6.07, 6.45) is 1.56. The molecule has 2 rings (SSSR count). The van der Waals surface area contributed by atoms with Gasteiger partial charge in [0.2, 0.25) is 10.0 Å². The second kappa shape index (κ2) is 7.73. The van der Waals surface area contributed by atoms with Gasteiger partial charge in [-0.25, -0.2) is 17.9 Å². The monoisotopic (exact) mass is 356 g/mol. The Morgan fingerprint density at radius 3 is 2.42 bits per heavy atom. The molecule has 1 unspecified atom stereocenters. The Kier molecular flexibility index (Phi) is 5.92. The average molecular weight is 356 g/mol. The van der Waals surface area contributed by atoms with Gasteiger partial charge < -0.3 is 15.2 Å². The lowest BCUT2D eigenvalue weighted by Gasteiger charge is -2.13. The summed E-state index contributed by atoms with van der Waals surface area (Å²) in [4.78, 5) is 23.3. The van der Waals surface area contributed by atoms with Crippen molar-refractivity contribution in [3.05, 3.63) is 29.8 Å². The van der Waals surface area contributed by atoms with Crippen molar-refractivity contribution in [3.8, 4) is 0 Å². The molecule has 1 fully saturated rings. The van der Waals surface area contributed by atoms with Crippen molar-refractivity contribution in [2.75, 3.05) is 20.3 Å². The third kappa shape index (κ3) is 4.76. The van der Waals surface area contributed by atoms with Crippen LogP contribution < -0.4 is 10.0 Å². The van der Waals surface area contributed by atoms with Crippen molar-refractivity contribution in [1.29, 1.82) is 0 Å². The topological polar surface area (TPSA) is 122 Å². The minimum Gasteiger partial charge on any atom is -0.480 e. The van der Waals surface area contributed by atoms with Crippen molar-refractivity contribution in [3.63, 3.8) is 0 Å². The third-order valence-electron chi connectivity index (χ3n) is 3.67. The van der Waals surface area contributed by atoms with Gasteiger partial charge in [0.25, 0.3) is 5.91 Å². The van der Waals surface area contributed by atoms with Crippen molar-refractivity contribution in [1.82, 2.24) is 10.0 Å². The first-order valence-electron chi connectivity index (χ1n) is 7.47. The largest absolute Gasteiger partial charge is 0.480 e. The minimum absolute atomic E-state index is 0.0205. The summed E-state index contributed by atoms with van der Waals surface area (Å²) < 4.78 is 31.2. The van der Waals surface area contributed by atoms with Gasteiger partial charge in [-0.05, 0) is 43.0 Å². The molecule has 1 aliphatic rings. The van der Waals surface area contributed by atoms with Gasteiger partial charge in [0.05, 0.1) is 11.5 Å². The highest BCUT2D eigenvalue weighted by Crippen LogP contribution is 2.32. The van der Waals surface area contributed by atoms with Gasteiger partial charge in [0.1, 0.15) is 6.04 Å². The number of hydrogen-bond donors (Lipinski definition) is 3. The molecular formula is C15H20N2O6S. The predicted molar refractivity (Wildman–Crippen MR) is 85.1 cm³/mol. The Labute approximate surface area is 140 Å². The van der Waals surface area contributed by atoms with E-state index >= 15 is 0 Å². The normalized spacial score (nSPS) is 15.7. The van der Waals surface area contributed by atoms with Gasteiger partial charge in [-0.15, -0.1) is 0 Å². The molecule has 24 heavy (non-hydrogen) atoms. The Hall–Kier alpha value is -1.97. The summed E-state index contributed by atoms with van der Waals surface area (Å²) in [5.41, 5.74) is 0.206. The standard InChI is InChI=1S/C15H20N2O6S/c1-23-9-8-16-24(21,22)12-6-4-11(5-7-12)14(18)17-13(15(19)20)10-2-3-10/h4-7,10,13,16H,2-3,8-9H2,1H3,(H,17,18)(H,19,20). The Bertz CT molecular complexity index is 697. The molecule has 132 valence electrons. The van der Waals surface area contributed by atoms with Crippen molar-refractivity contribution >= 4 is 21.9 Å². The SMILES string of the molecule is COCCNS(=O)(=O)c1ccc(C(=O)NC(C(=O)O)C2CC2)cc1. The molecule has 8 nitrogen and oxygen atoms in total. The second-order valence-corrected chi connectivity index (χ2v) is 7.31. The van der Waals surface area contributed by atoms with Crippen LogP contribution in [-0.4, -0.2) is 51.7 Å². The number of benzene rings is 1. The molecule has 1 saturated carbocycles. The van der Waals surface area contributed by atoms with E-state index in [4.69, 9.17) is 9.84 Å². The first-order chi connectivity index (χ1) is 11.3. The molecule has 1 aromatic carbocycles. The van der Waals surface area contributed by atoms with Crippen LogP contribution in [0, 0.1) is 5.92 Å². The molecule has 1 aliphatic carbocycles. The number of ether oxygens (including phenoxy) is 1. The van der Waals surface area contributed by atoms with Gasteiger partial charge in [0.15, 0.2) is 0 Å². The quantitative estimate of drug-likeness (QED) is 0.544. The van der Waals surface area contributed by atoms with Crippen molar-refractivity contribution in [2.45, 2.75) is 23.8 Å². The van der Waals surface area contributed by atoms with E-state index in [-0.39, 0.29) is 29.5 Å². The third-order valence-corrected chi connectivity index (χ3v) is 5.15. The van der Waals surface area contributed by atoms with E-state index in [2.05, 4.69) is 10.0 Å². The highest BCUT2D eigenvalue weighted by molar-refractivity contribution is 7.89. The van der Waals surface area contributed by atoms with Gasteiger partial charge in [-0.2, -0.15) is 0 Å². The zero-order valence-corrected chi connectivity index (χ0v) is 14.0. The van der Waals surface area contributed by atoms with E-state index in [1.165, 1.54) is 31.4 Å². The number of amides is 1. The maximum Gasteiger partial charge on any atom is 0.326 e. The van der Waals surface area contributed by atoms with Crippen LogP contribution in [0.1, 0.15) is 23.2 Å². The summed E-state index contributed by atoms with van der Waals surface area (Å²) in [6, 6.07) is 4.41. The molecular weight excluding hydrogens is 336 g/mol.